The zero-order chi connectivity index (χ0) is 13.2. The molecule has 0 saturated heterocycles. The van der Waals surface area contributed by atoms with Crippen LogP contribution in [0, 0.1) is 0 Å². The second-order valence-corrected chi connectivity index (χ2v) is 4.96. The zero-order valence-electron chi connectivity index (χ0n) is 9.68. The maximum atomic E-state index is 12.5. The summed E-state index contributed by atoms with van der Waals surface area (Å²) in [7, 11) is 0. The van der Waals surface area contributed by atoms with Gasteiger partial charge in [-0.25, -0.2) is 0 Å². The van der Waals surface area contributed by atoms with Gasteiger partial charge in [0.1, 0.15) is 0 Å². The molecule has 0 heterocycles. The summed E-state index contributed by atoms with van der Waals surface area (Å²) in [5.41, 5.74) is 6.01. The van der Waals surface area contributed by atoms with E-state index in [2.05, 4.69) is 15.9 Å². The highest BCUT2D eigenvalue weighted by atomic mass is 79.9. The van der Waals surface area contributed by atoms with Crippen LogP contribution in [0.3, 0.4) is 0 Å². The predicted molar refractivity (Wildman–Crippen MR) is 65.8 cm³/mol. The summed E-state index contributed by atoms with van der Waals surface area (Å²) < 4.78 is 38.0. The second-order valence-electron chi connectivity index (χ2n) is 4.11. The van der Waals surface area contributed by atoms with Crippen LogP contribution in [-0.2, 0) is 6.18 Å². The number of hydrogen-bond acceptors (Lipinski definition) is 1. The average molecular weight is 310 g/mol. The van der Waals surface area contributed by atoms with Gasteiger partial charge in [0, 0.05) is 10.5 Å². The molecule has 5 heteroatoms. The van der Waals surface area contributed by atoms with Crippen molar-refractivity contribution in [2.45, 2.75) is 38.4 Å². The third-order valence-corrected chi connectivity index (χ3v) is 3.49. The normalized spacial score (nSPS) is 15.7. The van der Waals surface area contributed by atoms with Crippen molar-refractivity contribution in [1.29, 1.82) is 0 Å². The fourth-order valence-corrected chi connectivity index (χ4v) is 2.55. The summed E-state index contributed by atoms with van der Waals surface area (Å²) in [4.78, 5) is 0. The van der Waals surface area contributed by atoms with Gasteiger partial charge in [0.2, 0.25) is 0 Å². The maximum absolute atomic E-state index is 12.5. The van der Waals surface area contributed by atoms with Crippen LogP contribution < -0.4 is 5.73 Å². The van der Waals surface area contributed by atoms with Crippen LogP contribution in [0.25, 0.3) is 0 Å². The second kappa shape index (κ2) is 5.40. The van der Waals surface area contributed by atoms with E-state index in [1.54, 1.807) is 0 Å². The topological polar surface area (TPSA) is 26.0 Å². The quantitative estimate of drug-likeness (QED) is 0.884. The Morgan fingerprint density at radius 2 is 1.94 bits per heavy atom. The van der Waals surface area contributed by atoms with Gasteiger partial charge in [-0.15, -0.1) is 0 Å². The van der Waals surface area contributed by atoms with Crippen LogP contribution in [0.15, 0.2) is 22.7 Å². The van der Waals surface area contributed by atoms with Crippen molar-refractivity contribution in [1.82, 2.24) is 0 Å². The van der Waals surface area contributed by atoms with Crippen LogP contribution in [0.1, 0.15) is 37.3 Å². The summed E-state index contributed by atoms with van der Waals surface area (Å²) in [5, 5.41) is 0. The molecule has 0 aromatic heterocycles. The molecule has 2 atom stereocenters. The molecule has 0 bridgehead atoms. The molecular formula is C12H15BrF3N. The van der Waals surface area contributed by atoms with Crippen molar-refractivity contribution in [2.75, 3.05) is 0 Å². The van der Waals surface area contributed by atoms with Gasteiger partial charge < -0.3 is 5.73 Å². The molecule has 0 aliphatic carbocycles. The van der Waals surface area contributed by atoms with Crippen LogP contribution >= 0.6 is 15.9 Å². The number of halogens is 4. The number of nitrogens with two attached hydrogens (primary N) is 1. The molecule has 0 saturated carbocycles. The molecule has 0 radical (unpaired) electrons. The van der Waals surface area contributed by atoms with Gasteiger partial charge in [0.15, 0.2) is 0 Å². The minimum Gasteiger partial charge on any atom is -0.327 e. The Bertz CT molecular complexity index is 388. The first-order valence-electron chi connectivity index (χ1n) is 5.39. The van der Waals surface area contributed by atoms with Crippen molar-refractivity contribution >= 4 is 15.9 Å². The lowest BCUT2D eigenvalue weighted by Crippen LogP contribution is -2.24. The van der Waals surface area contributed by atoms with E-state index in [4.69, 9.17) is 5.73 Å². The van der Waals surface area contributed by atoms with Gasteiger partial charge in [-0.1, -0.05) is 28.9 Å². The number of alkyl halides is 3. The Kier molecular flexibility index (Phi) is 4.61. The summed E-state index contributed by atoms with van der Waals surface area (Å²) in [6.07, 6.45) is -3.52. The number of rotatable bonds is 3. The van der Waals surface area contributed by atoms with Crippen LogP contribution in [-0.4, -0.2) is 6.04 Å². The van der Waals surface area contributed by atoms with E-state index in [9.17, 15) is 13.2 Å². The lowest BCUT2D eigenvalue weighted by molar-refractivity contribution is -0.137. The molecule has 0 aliphatic rings. The lowest BCUT2D eigenvalue weighted by Gasteiger charge is -2.21. The van der Waals surface area contributed by atoms with Gasteiger partial charge in [0.25, 0.3) is 0 Å². The minimum atomic E-state index is -4.31. The molecule has 0 amide bonds. The smallest absolute Gasteiger partial charge is 0.327 e. The Morgan fingerprint density at radius 1 is 1.35 bits per heavy atom. The molecule has 2 N–H and O–H groups in total. The van der Waals surface area contributed by atoms with E-state index in [0.29, 0.717) is 4.47 Å². The summed E-state index contributed by atoms with van der Waals surface area (Å²) in [6.45, 7) is 3.83. The van der Waals surface area contributed by atoms with Crippen molar-refractivity contribution in [3.8, 4) is 0 Å². The van der Waals surface area contributed by atoms with E-state index >= 15 is 0 Å². The van der Waals surface area contributed by atoms with Gasteiger partial charge in [-0.05, 0) is 37.0 Å². The number of benzene rings is 1. The van der Waals surface area contributed by atoms with Gasteiger partial charge >= 0.3 is 6.18 Å². The van der Waals surface area contributed by atoms with Crippen LogP contribution in [0.4, 0.5) is 13.2 Å². The summed E-state index contributed by atoms with van der Waals surface area (Å²) in [6, 6.07) is 3.63. The fraction of sp³-hybridized carbons (Fsp3) is 0.500. The molecule has 1 aromatic rings. The molecule has 1 aromatic carbocycles. The first-order valence-corrected chi connectivity index (χ1v) is 6.19. The van der Waals surface area contributed by atoms with Crippen molar-refractivity contribution in [3.63, 3.8) is 0 Å². The van der Waals surface area contributed by atoms with Crippen LogP contribution in [0.2, 0.25) is 0 Å². The fourth-order valence-electron chi connectivity index (χ4n) is 1.88. The lowest BCUT2D eigenvalue weighted by atomic mass is 9.90. The first-order chi connectivity index (χ1) is 7.77. The molecule has 96 valence electrons. The monoisotopic (exact) mass is 309 g/mol. The number of hydrogen-bond donors (Lipinski definition) is 1. The Balaban J connectivity index is 3.13. The molecule has 0 aliphatic heterocycles. The van der Waals surface area contributed by atoms with Crippen molar-refractivity contribution < 1.29 is 13.2 Å². The summed E-state index contributed by atoms with van der Waals surface area (Å²) >= 11 is 3.19. The largest absolute Gasteiger partial charge is 0.416 e. The molecule has 0 fully saturated rings. The molecule has 1 nitrogen and oxygen atoms in total. The molecule has 1 rings (SSSR count). The van der Waals surface area contributed by atoms with E-state index < -0.39 is 11.7 Å². The Labute approximate surface area is 107 Å². The van der Waals surface area contributed by atoms with Gasteiger partial charge in [0.05, 0.1) is 5.56 Å². The third kappa shape index (κ3) is 3.45. The molecule has 2 unspecified atom stereocenters. The highest BCUT2D eigenvalue weighted by molar-refractivity contribution is 9.10. The average Bonchev–Trinajstić information content (AvgIpc) is 2.19. The predicted octanol–water partition coefficient (Wildman–Crippen LogP) is 4.31. The van der Waals surface area contributed by atoms with E-state index in [0.717, 1.165) is 24.1 Å². The molecular weight excluding hydrogens is 295 g/mol. The highest BCUT2D eigenvalue weighted by Gasteiger charge is 2.31. The highest BCUT2D eigenvalue weighted by Crippen LogP contribution is 2.35. The van der Waals surface area contributed by atoms with Gasteiger partial charge in [-0.2, -0.15) is 13.2 Å². The SMILES string of the molecule is CCC(c1ccc(C(F)(F)F)cc1Br)C(C)N. The minimum absolute atomic E-state index is 0.0617. The van der Waals surface area contributed by atoms with Gasteiger partial charge in [-0.3, -0.25) is 0 Å². The van der Waals surface area contributed by atoms with E-state index in [-0.39, 0.29) is 12.0 Å². The van der Waals surface area contributed by atoms with E-state index in [1.165, 1.54) is 6.07 Å². The third-order valence-electron chi connectivity index (χ3n) is 2.80. The molecule has 17 heavy (non-hydrogen) atoms. The first kappa shape index (κ1) is 14.5. The zero-order valence-corrected chi connectivity index (χ0v) is 11.3. The van der Waals surface area contributed by atoms with Crippen molar-refractivity contribution in [2.24, 2.45) is 5.73 Å². The maximum Gasteiger partial charge on any atom is 0.416 e. The van der Waals surface area contributed by atoms with Crippen molar-refractivity contribution in [3.05, 3.63) is 33.8 Å². The Hall–Kier alpha value is -0.550. The summed E-state index contributed by atoms with van der Waals surface area (Å²) in [5.74, 6) is 0.0617. The van der Waals surface area contributed by atoms with E-state index in [1.807, 2.05) is 13.8 Å². The standard InChI is InChI=1S/C12H15BrF3N/c1-3-9(7(2)17)10-5-4-8(6-11(10)13)12(14,15)16/h4-7,9H,3,17H2,1-2H3. The molecule has 0 spiro atoms. The van der Waals surface area contributed by atoms with Crippen LogP contribution in [0.5, 0.6) is 0 Å². The Morgan fingerprint density at radius 3 is 2.29 bits per heavy atom.